The largest absolute Gasteiger partial charge is 0.497 e. The van der Waals surface area contributed by atoms with E-state index >= 15 is 4.39 Å². The molecule has 0 fully saturated rings. The summed E-state index contributed by atoms with van der Waals surface area (Å²) in [6.45, 7) is 0.0776. The smallest absolute Gasteiger partial charge is 0.315 e. The summed E-state index contributed by atoms with van der Waals surface area (Å²) in [6, 6.07) is 6.51. The molecule has 196 valence electrons. The fourth-order valence-corrected chi connectivity index (χ4v) is 3.73. The Morgan fingerprint density at radius 1 is 1.13 bits per heavy atom. The molecule has 1 aromatic carbocycles. The number of rotatable bonds is 10. The predicted molar refractivity (Wildman–Crippen MR) is 135 cm³/mol. The summed E-state index contributed by atoms with van der Waals surface area (Å²) >= 11 is 0. The van der Waals surface area contributed by atoms with Crippen molar-refractivity contribution < 1.29 is 23.4 Å². The van der Waals surface area contributed by atoms with Crippen LogP contribution in [-0.2, 0) is 13.6 Å². The number of halogens is 1. The third kappa shape index (κ3) is 5.01. The second-order valence-corrected chi connectivity index (χ2v) is 8.07. The molecule has 0 saturated carbocycles. The average molecular weight is 522 g/mol. The molecule has 2 N–H and O–H groups in total. The molecule has 0 saturated heterocycles. The standard InChI is InChI=1S/C24H24FN9O4/c1-33-12-14(10-28-33)17-11-27-16-4-5-20(30-23(16)29-17)34(13-21-31-32-24(38-21)26-6-7-35)18-8-15(36-2)9-19(37-3)22(18)25/h4-5,8-12,35H,6-7,13H2,1-3H3,(H,26,32). The van der Waals surface area contributed by atoms with Crippen LogP contribution in [0.15, 0.2) is 47.3 Å². The first-order chi connectivity index (χ1) is 18.5. The van der Waals surface area contributed by atoms with Crippen molar-refractivity contribution in [2.45, 2.75) is 6.54 Å². The zero-order chi connectivity index (χ0) is 26.6. The van der Waals surface area contributed by atoms with Gasteiger partial charge in [0.25, 0.3) is 0 Å². The van der Waals surface area contributed by atoms with Crippen LogP contribution in [0, 0.1) is 5.82 Å². The van der Waals surface area contributed by atoms with Gasteiger partial charge in [-0.25, -0.2) is 14.4 Å². The number of pyridine rings is 1. The molecule has 0 unspecified atom stereocenters. The summed E-state index contributed by atoms with van der Waals surface area (Å²) in [4.78, 5) is 15.3. The number of benzene rings is 1. The molecule has 0 aliphatic rings. The molecule has 0 spiro atoms. The van der Waals surface area contributed by atoms with Crippen molar-refractivity contribution in [2.24, 2.45) is 7.05 Å². The van der Waals surface area contributed by atoms with E-state index in [1.165, 1.54) is 26.4 Å². The van der Waals surface area contributed by atoms with E-state index in [1.54, 1.807) is 34.1 Å². The van der Waals surface area contributed by atoms with Crippen LogP contribution in [0.4, 0.5) is 21.9 Å². The maximum Gasteiger partial charge on any atom is 0.315 e. The van der Waals surface area contributed by atoms with Gasteiger partial charge in [-0.1, -0.05) is 5.10 Å². The predicted octanol–water partition coefficient (Wildman–Crippen LogP) is 2.71. The number of fused-ring (bicyclic) bond motifs is 1. The van der Waals surface area contributed by atoms with Gasteiger partial charge in [-0.05, 0) is 12.1 Å². The third-order valence-corrected chi connectivity index (χ3v) is 5.56. The number of nitrogens with one attached hydrogen (secondary N) is 1. The second-order valence-electron chi connectivity index (χ2n) is 8.07. The second kappa shape index (κ2) is 10.6. The van der Waals surface area contributed by atoms with Gasteiger partial charge in [-0.15, -0.1) is 5.10 Å². The lowest BCUT2D eigenvalue weighted by molar-refractivity contribution is 0.309. The molecule has 13 nitrogen and oxygen atoms in total. The molecule has 0 aliphatic heterocycles. The van der Waals surface area contributed by atoms with E-state index in [0.29, 0.717) is 28.4 Å². The summed E-state index contributed by atoms with van der Waals surface area (Å²) in [5.74, 6) is 0.234. The molecule has 5 aromatic rings. The lowest BCUT2D eigenvalue weighted by atomic mass is 10.2. The van der Waals surface area contributed by atoms with Gasteiger partial charge in [0.2, 0.25) is 5.89 Å². The number of hydrogen-bond donors (Lipinski definition) is 2. The van der Waals surface area contributed by atoms with Gasteiger partial charge >= 0.3 is 6.01 Å². The maximum absolute atomic E-state index is 15.6. The van der Waals surface area contributed by atoms with Gasteiger partial charge in [-0.2, -0.15) is 5.10 Å². The van der Waals surface area contributed by atoms with E-state index in [-0.39, 0.29) is 43.0 Å². The van der Waals surface area contributed by atoms with Crippen LogP contribution in [0.25, 0.3) is 22.4 Å². The average Bonchev–Trinajstić information content (AvgIpc) is 3.59. The van der Waals surface area contributed by atoms with Crippen molar-refractivity contribution in [3.63, 3.8) is 0 Å². The van der Waals surface area contributed by atoms with Crippen LogP contribution in [0.3, 0.4) is 0 Å². The van der Waals surface area contributed by atoms with Crippen molar-refractivity contribution >= 4 is 28.7 Å². The SMILES string of the molecule is COc1cc(OC)c(F)c(N(Cc2nnc(NCCO)o2)c2ccc3ncc(-c4cnn(C)c4)nc3n2)c1. The van der Waals surface area contributed by atoms with Gasteiger partial charge in [0, 0.05) is 37.5 Å². The van der Waals surface area contributed by atoms with Gasteiger partial charge < -0.3 is 29.2 Å². The van der Waals surface area contributed by atoms with E-state index in [9.17, 15) is 0 Å². The number of nitrogens with zero attached hydrogens (tertiary/aromatic N) is 8. The first kappa shape index (κ1) is 24.8. The Balaban J connectivity index is 1.60. The minimum atomic E-state index is -0.636. The molecule has 38 heavy (non-hydrogen) atoms. The molecule has 0 amide bonds. The number of aryl methyl sites for hydroxylation is 1. The molecule has 0 bridgehead atoms. The molecular weight excluding hydrogens is 497 g/mol. The van der Waals surface area contributed by atoms with Crippen molar-refractivity contribution in [1.29, 1.82) is 0 Å². The van der Waals surface area contributed by atoms with Gasteiger partial charge in [-0.3, -0.25) is 9.67 Å². The highest BCUT2D eigenvalue weighted by atomic mass is 19.1. The summed E-state index contributed by atoms with van der Waals surface area (Å²) in [6.07, 6.45) is 5.15. The molecule has 14 heteroatoms. The molecular formula is C24H24FN9O4. The Morgan fingerprint density at radius 2 is 2.00 bits per heavy atom. The number of ether oxygens (including phenoxy) is 2. The molecule has 0 aliphatic carbocycles. The Labute approximate surface area is 215 Å². The monoisotopic (exact) mass is 521 g/mol. The van der Waals surface area contributed by atoms with Crippen LogP contribution >= 0.6 is 0 Å². The zero-order valence-electron chi connectivity index (χ0n) is 20.8. The summed E-state index contributed by atoms with van der Waals surface area (Å²) in [5, 5.41) is 24.0. The van der Waals surface area contributed by atoms with E-state index < -0.39 is 5.82 Å². The summed E-state index contributed by atoms with van der Waals surface area (Å²) in [5.41, 5.74) is 2.38. The van der Waals surface area contributed by atoms with Crippen molar-refractivity contribution in [3.05, 3.63) is 54.6 Å². The Kier molecular flexibility index (Phi) is 6.95. The Bertz CT molecular complexity index is 1570. The van der Waals surface area contributed by atoms with Crippen LogP contribution in [0.2, 0.25) is 0 Å². The highest BCUT2D eigenvalue weighted by molar-refractivity contribution is 5.77. The van der Waals surface area contributed by atoms with E-state index in [2.05, 4.69) is 35.6 Å². The minimum Gasteiger partial charge on any atom is -0.497 e. The fourth-order valence-electron chi connectivity index (χ4n) is 3.73. The van der Waals surface area contributed by atoms with Crippen LogP contribution in [-0.4, -0.2) is 67.4 Å². The summed E-state index contributed by atoms with van der Waals surface area (Å²) in [7, 11) is 4.65. The topological polar surface area (TPSA) is 149 Å². The van der Waals surface area contributed by atoms with E-state index in [0.717, 1.165) is 5.56 Å². The number of hydrogen-bond acceptors (Lipinski definition) is 12. The number of methoxy groups -OCH3 is 2. The first-order valence-corrected chi connectivity index (χ1v) is 11.5. The molecule has 5 rings (SSSR count). The quantitative estimate of drug-likeness (QED) is 0.278. The van der Waals surface area contributed by atoms with Crippen LogP contribution < -0.4 is 19.7 Å². The number of aliphatic hydroxyl groups excluding tert-OH is 1. The number of anilines is 3. The van der Waals surface area contributed by atoms with Gasteiger partial charge in [0.15, 0.2) is 17.2 Å². The normalized spacial score (nSPS) is 11.1. The highest BCUT2D eigenvalue weighted by Crippen LogP contribution is 2.37. The summed E-state index contributed by atoms with van der Waals surface area (Å²) < 4.78 is 33.5. The van der Waals surface area contributed by atoms with E-state index in [4.69, 9.17) is 19.0 Å². The van der Waals surface area contributed by atoms with Crippen molar-refractivity contribution in [2.75, 3.05) is 37.6 Å². The van der Waals surface area contributed by atoms with Crippen LogP contribution in [0.5, 0.6) is 11.5 Å². The minimum absolute atomic E-state index is 0.0142. The van der Waals surface area contributed by atoms with Crippen molar-refractivity contribution in [1.82, 2.24) is 34.9 Å². The maximum atomic E-state index is 15.6. The molecule has 4 heterocycles. The first-order valence-electron chi connectivity index (χ1n) is 11.5. The molecule has 0 atom stereocenters. The number of aliphatic hydroxyl groups is 1. The van der Waals surface area contributed by atoms with Gasteiger partial charge in [0.1, 0.15) is 23.6 Å². The van der Waals surface area contributed by atoms with Crippen molar-refractivity contribution in [3.8, 4) is 22.8 Å². The zero-order valence-corrected chi connectivity index (χ0v) is 20.8. The highest BCUT2D eigenvalue weighted by Gasteiger charge is 2.23. The lowest BCUT2D eigenvalue weighted by Crippen LogP contribution is -2.20. The number of aromatic nitrogens is 7. The van der Waals surface area contributed by atoms with Gasteiger partial charge in [0.05, 0.1) is 44.6 Å². The lowest BCUT2D eigenvalue weighted by Gasteiger charge is -2.24. The Hall–Kier alpha value is -4.85. The van der Waals surface area contributed by atoms with Crippen LogP contribution in [0.1, 0.15) is 5.89 Å². The molecule has 4 aromatic heterocycles. The fraction of sp³-hybridized carbons (Fsp3) is 0.250. The Morgan fingerprint density at radius 3 is 2.74 bits per heavy atom. The van der Waals surface area contributed by atoms with E-state index in [1.807, 2.05) is 13.2 Å². The third-order valence-electron chi connectivity index (χ3n) is 5.56. The molecule has 0 radical (unpaired) electrons.